The van der Waals surface area contributed by atoms with Crippen LogP contribution in [0, 0.1) is 20.8 Å². The second-order valence-electron chi connectivity index (χ2n) is 8.17. The maximum atomic E-state index is 13.6. The van der Waals surface area contributed by atoms with Crippen molar-refractivity contribution in [1.29, 1.82) is 0 Å². The monoisotopic (exact) mass is 542 g/mol. The molecule has 1 aromatic carbocycles. The standard InChI is InChI=1S/C23H20Cl2F4N6O/c1-10-19-15(21(26)27)7-17(22(28)29)30-23(19)35(32-10)9-18(36)31-20-11(2)33-34(12(20)3)8-13-4-5-14(24)6-16(13)25/h4-7,21-22H,8-9H2,1-3H3,(H,31,36). The fourth-order valence-corrected chi connectivity index (χ4v) is 4.43. The van der Waals surface area contributed by atoms with Crippen LogP contribution in [0.5, 0.6) is 0 Å². The third kappa shape index (κ3) is 5.03. The number of nitrogens with one attached hydrogen (secondary N) is 1. The maximum absolute atomic E-state index is 13.6. The highest BCUT2D eigenvalue weighted by molar-refractivity contribution is 6.35. The molecule has 0 unspecified atom stereocenters. The lowest BCUT2D eigenvalue weighted by Crippen LogP contribution is -2.20. The van der Waals surface area contributed by atoms with Gasteiger partial charge in [0.1, 0.15) is 12.2 Å². The molecule has 0 aliphatic carbocycles. The summed E-state index contributed by atoms with van der Waals surface area (Å²) in [6.45, 7) is 4.82. The van der Waals surface area contributed by atoms with Crippen LogP contribution in [0.4, 0.5) is 23.2 Å². The number of hydrogen-bond acceptors (Lipinski definition) is 4. The number of rotatable bonds is 7. The molecule has 0 bridgehead atoms. The first-order chi connectivity index (χ1) is 17.0. The highest BCUT2D eigenvalue weighted by atomic mass is 35.5. The minimum absolute atomic E-state index is 0.0535. The molecular weight excluding hydrogens is 523 g/mol. The molecular formula is C23H20Cl2F4N6O. The van der Waals surface area contributed by atoms with Crippen LogP contribution < -0.4 is 5.32 Å². The number of halogens is 6. The third-order valence-electron chi connectivity index (χ3n) is 5.66. The normalized spacial score (nSPS) is 11.8. The molecule has 13 heteroatoms. The fourth-order valence-electron chi connectivity index (χ4n) is 3.96. The Bertz CT molecular complexity index is 1470. The summed E-state index contributed by atoms with van der Waals surface area (Å²) >= 11 is 12.2. The smallest absolute Gasteiger partial charge is 0.280 e. The number of carbonyl (C=O) groups is 1. The van der Waals surface area contributed by atoms with Crippen LogP contribution in [0.1, 0.15) is 46.8 Å². The highest BCUT2D eigenvalue weighted by Crippen LogP contribution is 2.32. The molecule has 0 atom stereocenters. The number of amides is 1. The Labute approximate surface area is 213 Å². The Morgan fingerprint density at radius 3 is 2.33 bits per heavy atom. The van der Waals surface area contributed by atoms with Gasteiger partial charge >= 0.3 is 0 Å². The van der Waals surface area contributed by atoms with Crippen molar-refractivity contribution in [2.75, 3.05) is 5.32 Å². The van der Waals surface area contributed by atoms with E-state index in [1.807, 2.05) is 0 Å². The van der Waals surface area contributed by atoms with Gasteiger partial charge in [-0.1, -0.05) is 29.3 Å². The molecule has 0 aliphatic heterocycles. The Morgan fingerprint density at radius 1 is 1.00 bits per heavy atom. The van der Waals surface area contributed by atoms with E-state index in [0.29, 0.717) is 39.7 Å². The topological polar surface area (TPSA) is 77.6 Å². The van der Waals surface area contributed by atoms with Crippen molar-refractivity contribution in [3.8, 4) is 0 Å². The third-order valence-corrected chi connectivity index (χ3v) is 6.25. The van der Waals surface area contributed by atoms with E-state index in [4.69, 9.17) is 23.2 Å². The molecule has 7 nitrogen and oxygen atoms in total. The summed E-state index contributed by atoms with van der Waals surface area (Å²) in [5.74, 6) is -0.558. The Kier molecular flexibility index (Phi) is 7.24. The number of pyridine rings is 1. The predicted molar refractivity (Wildman–Crippen MR) is 128 cm³/mol. The number of carbonyl (C=O) groups excluding carboxylic acids is 1. The first-order valence-corrected chi connectivity index (χ1v) is 11.4. The molecule has 1 amide bonds. The zero-order chi connectivity index (χ0) is 26.3. The van der Waals surface area contributed by atoms with E-state index in [2.05, 4.69) is 20.5 Å². The van der Waals surface area contributed by atoms with Crippen LogP contribution in [-0.4, -0.2) is 30.5 Å². The van der Waals surface area contributed by atoms with E-state index >= 15 is 0 Å². The number of benzene rings is 1. The van der Waals surface area contributed by atoms with Gasteiger partial charge in [-0.2, -0.15) is 10.2 Å². The number of alkyl halides is 4. The van der Waals surface area contributed by atoms with E-state index in [-0.39, 0.29) is 16.7 Å². The summed E-state index contributed by atoms with van der Waals surface area (Å²) < 4.78 is 56.4. The van der Waals surface area contributed by atoms with Crippen molar-refractivity contribution in [3.05, 3.63) is 68.2 Å². The van der Waals surface area contributed by atoms with Crippen molar-refractivity contribution in [2.24, 2.45) is 0 Å². The molecule has 0 aliphatic rings. The summed E-state index contributed by atoms with van der Waals surface area (Å²) in [5, 5.41) is 12.2. The quantitative estimate of drug-likeness (QED) is 0.273. The second kappa shape index (κ2) is 10.1. The largest absolute Gasteiger partial charge is 0.321 e. The van der Waals surface area contributed by atoms with Crippen LogP contribution in [0.25, 0.3) is 11.0 Å². The average molecular weight is 543 g/mol. The summed E-state index contributed by atoms with van der Waals surface area (Å²) in [7, 11) is 0. The van der Waals surface area contributed by atoms with Gasteiger partial charge in [0.15, 0.2) is 5.65 Å². The Hall–Kier alpha value is -3.18. The van der Waals surface area contributed by atoms with Crippen molar-refractivity contribution in [1.82, 2.24) is 24.5 Å². The van der Waals surface area contributed by atoms with Gasteiger partial charge in [0, 0.05) is 15.6 Å². The average Bonchev–Trinajstić information content (AvgIpc) is 3.25. The van der Waals surface area contributed by atoms with Gasteiger partial charge in [0.2, 0.25) is 5.91 Å². The van der Waals surface area contributed by atoms with Gasteiger partial charge in [-0.15, -0.1) is 0 Å². The molecule has 3 heterocycles. The van der Waals surface area contributed by atoms with Crippen molar-refractivity contribution < 1.29 is 22.4 Å². The first-order valence-electron chi connectivity index (χ1n) is 10.7. The van der Waals surface area contributed by atoms with Crippen molar-refractivity contribution >= 4 is 45.8 Å². The van der Waals surface area contributed by atoms with E-state index in [0.717, 1.165) is 10.2 Å². The molecule has 4 aromatic rings. The van der Waals surface area contributed by atoms with Crippen LogP contribution in [-0.2, 0) is 17.9 Å². The molecule has 36 heavy (non-hydrogen) atoms. The SMILES string of the molecule is Cc1nn(Cc2ccc(Cl)cc2Cl)c(C)c1NC(=O)Cn1nc(C)c2c(C(F)F)cc(C(F)F)nc21. The van der Waals surface area contributed by atoms with Gasteiger partial charge in [-0.05, 0) is 44.5 Å². The molecule has 190 valence electrons. The molecule has 0 spiro atoms. The van der Waals surface area contributed by atoms with Gasteiger partial charge in [-0.3, -0.25) is 9.48 Å². The minimum Gasteiger partial charge on any atom is -0.321 e. The van der Waals surface area contributed by atoms with E-state index < -0.39 is 36.6 Å². The molecule has 0 fully saturated rings. The van der Waals surface area contributed by atoms with Gasteiger partial charge < -0.3 is 5.32 Å². The molecule has 0 saturated carbocycles. The van der Waals surface area contributed by atoms with E-state index in [1.54, 1.807) is 36.7 Å². The first kappa shape index (κ1) is 25.9. The maximum Gasteiger partial charge on any atom is 0.280 e. The number of hydrogen-bond donors (Lipinski definition) is 1. The lowest BCUT2D eigenvalue weighted by Gasteiger charge is -2.10. The molecule has 3 aromatic heterocycles. The molecule has 0 radical (unpaired) electrons. The zero-order valence-corrected chi connectivity index (χ0v) is 20.8. The Morgan fingerprint density at radius 2 is 1.69 bits per heavy atom. The van der Waals surface area contributed by atoms with E-state index in [9.17, 15) is 22.4 Å². The number of aryl methyl sites for hydroxylation is 2. The van der Waals surface area contributed by atoms with Crippen LogP contribution in [0.3, 0.4) is 0 Å². The Balaban J connectivity index is 1.61. The van der Waals surface area contributed by atoms with Crippen LogP contribution in [0.15, 0.2) is 24.3 Å². The summed E-state index contributed by atoms with van der Waals surface area (Å²) in [6, 6.07) is 5.78. The summed E-state index contributed by atoms with van der Waals surface area (Å²) in [4.78, 5) is 16.7. The van der Waals surface area contributed by atoms with Crippen LogP contribution in [0.2, 0.25) is 10.0 Å². The zero-order valence-electron chi connectivity index (χ0n) is 19.3. The van der Waals surface area contributed by atoms with E-state index in [1.165, 1.54) is 6.92 Å². The molecule has 1 N–H and O–H groups in total. The van der Waals surface area contributed by atoms with Gasteiger partial charge in [-0.25, -0.2) is 27.2 Å². The lowest BCUT2D eigenvalue weighted by molar-refractivity contribution is -0.116. The molecule has 4 rings (SSSR count). The fraction of sp³-hybridized carbons (Fsp3) is 0.304. The molecule has 0 saturated heterocycles. The minimum atomic E-state index is -3.06. The number of anilines is 1. The predicted octanol–water partition coefficient (Wildman–Crippen LogP) is 6.42. The van der Waals surface area contributed by atoms with Crippen molar-refractivity contribution in [3.63, 3.8) is 0 Å². The summed E-state index contributed by atoms with van der Waals surface area (Å²) in [5.41, 5.74) is 0.934. The van der Waals surface area contributed by atoms with Gasteiger partial charge in [0.25, 0.3) is 12.9 Å². The number of fused-ring (bicyclic) bond motifs is 1. The van der Waals surface area contributed by atoms with Crippen LogP contribution >= 0.6 is 23.2 Å². The number of aromatic nitrogens is 5. The van der Waals surface area contributed by atoms with Crippen molar-refractivity contribution in [2.45, 2.75) is 46.7 Å². The highest BCUT2D eigenvalue weighted by Gasteiger charge is 2.24. The summed E-state index contributed by atoms with van der Waals surface area (Å²) in [6.07, 6.45) is -6.07. The second-order valence-corrected chi connectivity index (χ2v) is 9.01. The lowest BCUT2D eigenvalue weighted by atomic mass is 10.1. The number of nitrogens with zero attached hydrogens (tertiary/aromatic N) is 5. The van der Waals surface area contributed by atoms with Gasteiger partial charge in [0.05, 0.1) is 34.7 Å².